The van der Waals surface area contributed by atoms with Gasteiger partial charge in [0, 0.05) is 24.8 Å². The highest BCUT2D eigenvalue weighted by atomic mass is 16.6. The van der Waals surface area contributed by atoms with Crippen LogP contribution >= 0.6 is 0 Å². The number of benzene rings is 1. The van der Waals surface area contributed by atoms with Crippen molar-refractivity contribution in [3.05, 3.63) is 29.3 Å². The van der Waals surface area contributed by atoms with E-state index in [2.05, 4.69) is 37.4 Å². The Morgan fingerprint density at radius 2 is 1.68 bits per heavy atom. The van der Waals surface area contributed by atoms with Crippen molar-refractivity contribution in [3.8, 4) is 0 Å². The van der Waals surface area contributed by atoms with Crippen LogP contribution in [0.2, 0.25) is 0 Å². The predicted octanol–water partition coefficient (Wildman–Crippen LogP) is 4.90. The van der Waals surface area contributed by atoms with E-state index >= 15 is 0 Å². The van der Waals surface area contributed by atoms with Crippen molar-refractivity contribution >= 4 is 11.8 Å². The molecule has 2 aliphatic rings. The third-order valence-corrected chi connectivity index (χ3v) is 5.43. The first-order valence-electron chi connectivity index (χ1n) is 9.47. The molecule has 138 valence electrons. The molecule has 2 fully saturated rings. The van der Waals surface area contributed by atoms with Gasteiger partial charge in [0.15, 0.2) is 0 Å². The number of hydrogen-bond donors (Lipinski definition) is 1. The van der Waals surface area contributed by atoms with Crippen LogP contribution in [0.25, 0.3) is 0 Å². The second-order valence-corrected chi connectivity index (χ2v) is 9.09. The average molecular weight is 344 g/mol. The van der Waals surface area contributed by atoms with Crippen LogP contribution in [0.4, 0.5) is 10.5 Å². The molecule has 0 bridgehead atoms. The van der Waals surface area contributed by atoms with E-state index < -0.39 is 5.60 Å². The minimum atomic E-state index is -0.413. The van der Waals surface area contributed by atoms with Crippen molar-refractivity contribution in [2.75, 3.05) is 18.4 Å². The molecule has 1 amide bonds. The first-order valence-corrected chi connectivity index (χ1v) is 9.47. The second kappa shape index (κ2) is 6.54. The molecule has 1 aromatic carbocycles. The molecular weight excluding hydrogens is 312 g/mol. The number of anilines is 1. The number of hydrogen-bond acceptors (Lipinski definition) is 3. The number of aryl methyl sites for hydroxylation is 2. The van der Waals surface area contributed by atoms with Gasteiger partial charge in [-0.1, -0.05) is 6.07 Å². The lowest BCUT2D eigenvalue weighted by Crippen LogP contribution is -2.53. The van der Waals surface area contributed by atoms with E-state index in [9.17, 15) is 4.79 Å². The first kappa shape index (κ1) is 18.1. The number of nitrogens with one attached hydrogen (secondary N) is 1. The van der Waals surface area contributed by atoms with Gasteiger partial charge in [-0.05, 0) is 89.0 Å². The topological polar surface area (TPSA) is 41.6 Å². The predicted molar refractivity (Wildman–Crippen MR) is 102 cm³/mol. The summed E-state index contributed by atoms with van der Waals surface area (Å²) in [5.74, 6) is 0. The zero-order chi connectivity index (χ0) is 18.2. The fourth-order valence-corrected chi connectivity index (χ4v) is 4.28. The molecule has 25 heavy (non-hydrogen) atoms. The Hall–Kier alpha value is -1.71. The first-order chi connectivity index (χ1) is 11.6. The number of amides is 1. The Morgan fingerprint density at radius 3 is 2.20 bits per heavy atom. The molecule has 1 saturated heterocycles. The summed E-state index contributed by atoms with van der Waals surface area (Å²) in [4.78, 5) is 14.1. The Morgan fingerprint density at radius 1 is 1.12 bits per heavy atom. The molecule has 1 aliphatic carbocycles. The molecule has 4 nitrogen and oxygen atoms in total. The van der Waals surface area contributed by atoms with E-state index in [0.717, 1.165) is 25.9 Å². The normalized spacial score (nSPS) is 20.3. The largest absolute Gasteiger partial charge is 0.444 e. The molecule has 0 unspecified atom stereocenters. The Balaban J connectivity index is 1.47. The van der Waals surface area contributed by atoms with Gasteiger partial charge in [0.1, 0.15) is 5.60 Å². The highest BCUT2D eigenvalue weighted by Crippen LogP contribution is 2.50. The number of carbonyl (C=O) groups is 1. The monoisotopic (exact) mass is 344 g/mol. The molecule has 3 rings (SSSR count). The lowest BCUT2D eigenvalue weighted by molar-refractivity contribution is -0.00859. The van der Waals surface area contributed by atoms with Crippen LogP contribution in [-0.4, -0.2) is 35.7 Å². The van der Waals surface area contributed by atoms with E-state index in [0.29, 0.717) is 11.5 Å². The molecule has 1 N–H and O–H groups in total. The summed E-state index contributed by atoms with van der Waals surface area (Å²) in [6.45, 7) is 11.7. The van der Waals surface area contributed by atoms with Crippen molar-refractivity contribution in [2.24, 2.45) is 5.41 Å². The van der Waals surface area contributed by atoms with E-state index in [1.54, 1.807) is 0 Å². The Bertz CT molecular complexity index is 612. The minimum absolute atomic E-state index is 0.161. The van der Waals surface area contributed by atoms with Crippen LogP contribution in [0.5, 0.6) is 0 Å². The Kier molecular flexibility index (Phi) is 4.74. The van der Waals surface area contributed by atoms with Gasteiger partial charge in [-0.25, -0.2) is 4.79 Å². The lowest BCUT2D eigenvalue weighted by Gasteiger charge is -2.52. The van der Waals surface area contributed by atoms with Gasteiger partial charge < -0.3 is 15.0 Å². The molecule has 1 aliphatic heterocycles. The van der Waals surface area contributed by atoms with Gasteiger partial charge in [-0.2, -0.15) is 0 Å². The van der Waals surface area contributed by atoms with Crippen LogP contribution in [0, 0.1) is 19.3 Å². The lowest BCUT2D eigenvalue weighted by atomic mass is 9.60. The van der Waals surface area contributed by atoms with Crippen molar-refractivity contribution in [3.63, 3.8) is 0 Å². The second-order valence-electron chi connectivity index (χ2n) is 9.09. The Labute approximate surface area is 151 Å². The maximum atomic E-state index is 12.2. The van der Waals surface area contributed by atoms with E-state index in [1.165, 1.54) is 29.7 Å². The van der Waals surface area contributed by atoms with Gasteiger partial charge in [0.05, 0.1) is 0 Å². The van der Waals surface area contributed by atoms with Crippen LogP contribution in [-0.2, 0) is 4.74 Å². The van der Waals surface area contributed by atoms with Gasteiger partial charge in [-0.15, -0.1) is 0 Å². The quantitative estimate of drug-likeness (QED) is 0.830. The van der Waals surface area contributed by atoms with Crippen LogP contribution < -0.4 is 5.32 Å². The zero-order valence-corrected chi connectivity index (χ0v) is 16.3. The SMILES string of the molecule is Cc1cc(C)cc(NC2CC3(CCN(C(=O)OC(C)(C)C)CC3)C2)c1. The third-order valence-electron chi connectivity index (χ3n) is 5.43. The molecule has 0 aromatic heterocycles. The average Bonchev–Trinajstić information content (AvgIpc) is 2.43. The van der Waals surface area contributed by atoms with Gasteiger partial charge in [-0.3, -0.25) is 0 Å². The minimum Gasteiger partial charge on any atom is -0.444 e. The maximum Gasteiger partial charge on any atom is 0.410 e. The summed E-state index contributed by atoms with van der Waals surface area (Å²) in [6, 6.07) is 7.22. The summed E-state index contributed by atoms with van der Waals surface area (Å²) >= 11 is 0. The number of carbonyl (C=O) groups excluding carboxylic acids is 1. The molecule has 1 spiro atoms. The summed E-state index contributed by atoms with van der Waals surface area (Å²) in [5.41, 5.74) is 3.87. The number of rotatable bonds is 2. The fourth-order valence-electron chi connectivity index (χ4n) is 4.28. The van der Waals surface area contributed by atoms with Crippen molar-refractivity contribution in [1.29, 1.82) is 0 Å². The highest BCUT2D eigenvalue weighted by molar-refractivity contribution is 5.68. The molecular formula is C21H32N2O2. The highest BCUT2D eigenvalue weighted by Gasteiger charge is 2.46. The van der Waals surface area contributed by atoms with Crippen LogP contribution in [0.3, 0.4) is 0 Å². The zero-order valence-electron chi connectivity index (χ0n) is 16.3. The maximum absolute atomic E-state index is 12.2. The van der Waals surface area contributed by atoms with E-state index in [1.807, 2.05) is 25.7 Å². The molecule has 1 saturated carbocycles. The van der Waals surface area contributed by atoms with Crippen molar-refractivity contribution < 1.29 is 9.53 Å². The summed E-state index contributed by atoms with van der Waals surface area (Å²) in [7, 11) is 0. The van der Waals surface area contributed by atoms with Crippen LogP contribution in [0.15, 0.2) is 18.2 Å². The van der Waals surface area contributed by atoms with Gasteiger partial charge in [0.25, 0.3) is 0 Å². The fraction of sp³-hybridized carbons (Fsp3) is 0.667. The molecule has 0 atom stereocenters. The number of piperidine rings is 1. The molecule has 1 heterocycles. The summed E-state index contributed by atoms with van der Waals surface area (Å²) in [5, 5.41) is 3.69. The molecule has 0 radical (unpaired) electrons. The summed E-state index contributed by atoms with van der Waals surface area (Å²) in [6.07, 6.45) is 4.45. The van der Waals surface area contributed by atoms with Crippen molar-refractivity contribution in [1.82, 2.24) is 4.90 Å². The molecule has 1 aromatic rings. The molecule has 4 heteroatoms. The smallest absolute Gasteiger partial charge is 0.410 e. The third kappa shape index (κ3) is 4.47. The number of ether oxygens (including phenoxy) is 1. The standard InChI is InChI=1S/C21H32N2O2/c1-15-10-16(2)12-17(11-15)22-18-13-21(14-18)6-8-23(9-7-21)19(24)25-20(3,4)5/h10-12,18,22H,6-9,13-14H2,1-5H3. The summed E-state index contributed by atoms with van der Waals surface area (Å²) < 4.78 is 5.49. The van der Waals surface area contributed by atoms with Crippen LogP contribution in [0.1, 0.15) is 57.6 Å². The number of likely N-dealkylation sites (tertiary alicyclic amines) is 1. The van der Waals surface area contributed by atoms with Gasteiger partial charge in [0.2, 0.25) is 0 Å². The van der Waals surface area contributed by atoms with E-state index in [4.69, 9.17) is 4.74 Å². The van der Waals surface area contributed by atoms with E-state index in [-0.39, 0.29) is 6.09 Å². The number of nitrogens with zero attached hydrogens (tertiary/aromatic N) is 1. The van der Waals surface area contributed by atoms with Crippen molar-refractivity contribution in [2.45, 2.75) is 71.9 Å². The van der Waals surface area contributed by atoms with Gasteiger partial charge >= 0.3 is 6.09 Å².